The second kappa shape index (κ2) is 9.56. The minimum atomic E-state index is -3.97. The van der Waals surface area contributed by atoms with Gasteiger partial charge in [-0.2, -0.15) is 0 Å². The van der Waals surface area contributed by atoms with Gasteiger partial charge in [0.25, 0.3) is 0 Å². The summed E-state index contributed by atoms with van der Waals surface area (Å²) in [5.41, 5.74) is 2.62. The van der Waals surface area contributed by atoms with Crippen LogP contribution in [-0.4, -0.2) is 66.4 Å². The summed E-state index contributed by atoms with van der Waals surface area (Å²) in [6.07, 6.45) is 2.93. The molecule has 192 valence electrons. The number of methoxy groups -OCH3 is 1. The van der Waals surface area contributed by atoms with Gasteiger partial charge in [0.15, 0.2) is 26.8 Å². The molecule has 37 heavy (non-hydrogen) atoms. The first kappa shape index (κ1) is 24.8. The zero-order valence-corrected chi connectivity index (χ0v) is 21.8. The molecule has 1 N–H and O–H groups in total. The third-order valence-corrected chi connectivity index (χ3v) is 8.97. The van der Waals surface area contributed by atoms with Crippen molar-refractivity contribution in [3.05, 3.63) is 78.4 Å². The minimum Gasteiger partial charge on any atom is -0.468 e. The maximum atomic E-state index is 14.3. The quantitative estimate of drug-likeness (QED) is 0.382. The number of carbonyl (C=O) groups excluding carboxylic acids is 1. The number of hydrogen-bond donors (Lipinski definition) is 1. The number of nitrogens with zero attached hydrogens (tertiary/aromatic N) is 5. The molecule has 0 bridgehead atoms. The van der Waals surface area contributed by atoms with Crippen molar-refractivity contribution >= 4 is 32.8 Å². The van der Waals surface area contributed by atoms with Crippen molar-refractivity contribution in [3.63, 3.8) is 0 Å². The molecule has 5 rings (SSSR count). The van der Waals surface area contributed by atoms with E-state index in [4.69, 9.17) is 4.74 Å². The van der Waals surface area contributed by atoms with Crippen LogP contribution in [0.3, 0.4) is 0 Å². The van der Waals surface area contributed by atoms with Gasteiger partial charge in [0.05, 0.1) is 30.4 Å². The highest BCUT2D eigenvalue weighted by Crippen LogP contribution is 2.43. The topological polar surface area (TPSA) is 119 Å². The highest BCUT2D eigenvalue weighted by atomic mass is 32.2. The zero-order valence-electron chi connectivity index (χ0n) is 20.9. The number of hydrogen-bond acceptors (Lipinski definition) is 9. The third-order valence-electron chi connectivity index (χ3n) is 6.77. The highest BCUT2D eigenvalue weighted by Gasteiger charge is 2.55. The van der Waals surface area contributed by atoms with Gasteiger partial charge in [0, 0.05) is 14.1 Å². The van der Waals surface area contributed by atoms with Gasteiger partial charge >= 0.3 is 5.97 Å². The molecule has 3 heterocycles. The lowest BCUT2D eigenvalue weighted by molar-refractivity contribution is -0.143. The maximum absolute atomic E-state index is 14.3. The number of imidazole rings is 1. The average Bonchev–Trinajstić information content (AvgIpc) is 3.51. The molecule has 0 unspecified atom stereocenters. The predicted molar refractivity (Wildman–Crippen MR) is 139 cm³/mol. The Balaban J connectivity index is 1.76. The van der Waals surface area contributed by atoms with Crippen LogP contribution in [-0.2, 0) is 19.4 Å². The Hall–Kier alpha value is -3.83. The van der Waals surface area contributed by atoms with Crippen LogP contribution in [0, 0.1) is 6.92 Å². The summed E-state index contributed by atoms with van der Waals surface area (Å²) in [5, 5.41) is 2.21. The Bertz CT molecular complexity index is 1540. The van der Waals surface area contributed by atoms with Gasteiger partial charge in [-0.1, -0.05) is 48.0 Å². The number of rotatable bonds is 6. The normalized spacial score (nSPS) is 21.7. The molecule has 4 atom stereocenters. The van der Waals surface area contributed by atoms with Gasteiger partial charge in [0.2, 0.25) is 0 Å². The molecule has 10 nitrogen and oxygen atoms in total. The molecule has 4 aromatic rings. The fourth-order valence-corrected chi connectivity index (χ4v) is 7.09. The molecule has 0 radical (unpaired) electrons. The van der Waals surface area contributed by atoms with Gasteiger partial charge in [-0.3, -0.25) is 10.1 Å². The van der Waals surface area contributed by atoms with Crippen LogP contribution >= 0.6 is 0 Å². The lowest BCUT2D eigenvalue weighted by Crippen LogP contribution is -2.40. The maximum Gasteiger partial charge on any atom is 0.325 e. The Morgan fingerprint density at radius 1 is 1.03 bits per heavy atom. The van der Waals surface area contributed by atoms with Crippen LogP contribution in [0.25, 0.3) is 11.2 Å². The van der Waals surface area contributed by atoms with Crippen molar-refractivity contribution in [2.45, 2.75) is 35.2 Å². The summed E-state index contributed by atoms with van der Waals surface area (Å²) in [6.45, 7) is 1.90. The van der Waals surface area contributed by atoms with Crippen molar-refractivity contribution in [1.29, 1.82) is 0 Å². The van der Waals surface area contributed by atoms with Gasteiger partial charge < -0.3 is 14.2 Å². The second-order valence-corrected chi connectivity index (χ2v) is 11.4. The molecular formula is C26H28N6O4S. The number of benzene rings is 2. The zero-order chi connectivity index (χ0) is 26.3. The van der Waals surface area contributed by atoms with E-state index >= 15 is 0 Å². The van der Waals surface area contributed by atoms with E-state index in [0.717, 1.165) is 11.1 Å². The van der Waals surface area contributed by atoms with E-state index in [9.17, 15) is 13.2 Å². The lowest BCUT2D eigenvalue weighted by Gasteiger charge is -2.26. The van der Waals surface area contributed by atoms with Crippen LogP contribution < -0.4 is 10.2 Å². The molecular weight excluding hydrogens is 492 g/mol. The number of carbonyl (C=O) groups is 1. The minimum absolute atomic E-state index is 0.175. The van der Waals surface area contributed by atoms with E-state index in [1.165, 1.54) is 19.8 Å². The van der Waals surface area contributed by atoms with Gasteiger partial charge in [0.1, 0.15) is 17.6 Å². The largest absolute Gasteiger partial charge is 0.468 e. The Labute approximate surface area is 215 Å². The van der Waals surface area contributed by atoms with E-state index in [2.05, 4.69) is 20.3 Å². The summed E-state index contributed by atoms with van der Waals surface area (Å²) >= 11 is 0. The van der Waals surface area contributed by atoms with Crippen molar-refractivity contribution in [3.8, 4) is 0 Å². The Kier molecular flexibility index (Phi) is 6.42. The summed E-state index contributed by atoms with van der Waals surface area (Å²) in [4.78, 5) is 28.4. The molecule has 0 amide bonds. The number of nitrogens with one attached hydrogen (secondary N) is 1. The number of anilines is 1. The first-order chi connectivity index (χ1) is 17.7. The molecule has 2 aromatic carbocycles. The number of esters is 1. The molecule has 1 aliphatic rings. The van der Waals surface area contributed by atoms with E-state index in [0.29, 0.717) is 17.0 Å². The van der Waals surface area contributed by atoms with E-state index in [1.54, 1.807) is 33.7 Å². The number of sulfone groups is 1. The molecule has 1 fully saturated rings. The Morgan fingerprint density at radius 3 is 2.38 bits per heavy atom. The van der Waals surface area contributed by atoms with Crippen molar-refractivity contribution in [1.82, 2.24) is 24.8 Å². The van der Waals surface area contributed by atoms with Crippen molar-refractivity contribution in [2.75, 3.05) is 26.1 Å². The number of aromatic nitrogens is 4. The SMILES string of the molecule is COC(=O)[C@@H]1N[C@H](c2ccccc2)[C@@H](S(=O)(=O)c2ccc(C)cc2)[C@@H]1n1cnc2c(N(C)C)ncnc21. The van der Waals surface area contributed by atoms with Gasteiger partial charge in [-0.05, 0) is 24.6 Å². The standard InChI is InChI=1S/C26H28N6O4S/c1-16-10-12-18(13-11-16)37(34,35)23-19(17-8-6-5-7-9-17)30-20(26(33)36-4)22(23)32-15-29-21-24(31(2)3)27-14-28-25(21)32/h5-15,19-20,22-23,30H,1-4H3/t19-,20-,22-,23-/m1/s1. The summed E-state index contributed by atoms with van der Waals surface area (Å²) in [5.74, 6) is 0.0122. The first-order valence-corrected chi connectivity index (χ1v) is 13.3. The Morgan fingerprint density at radius 2 is 1.73 bits per heavy atom. The lowest BCUT2D eigenvalue weighted by atomic mass is 10.0. The van der Waals surface area contributed by atoms with E-state index in [-0.39, 0.29) is 4.90 Å². The van der Waals surface area contributed by atoms with Gasteiger partial charge in [-0.15, -0.1) is 0 Å². The van der Waals surface area contributed by atoms with Crippen LogP contribution in [0.4, 0.5) is 5.82 Å². The molecule has 0 saturated carbocycles. The molecule has 0 spiro atoms. The van der Waals surface area contributed by atoms with Crippen molar-refractivity contribution < 1.29 is 17.9 Å². The van der Waals surface area contributed by atoms with E-state index in [1.807, 2.05) is 51.4 Å². The molecule has 1 aliphatic heterocycles. The molecule has 0 aliphatic carbocycles. The van der Waals surface area contributed by atoms with E-state index < -0.39 is 39.2 Å². The van der Waals surface area contributed by atoms with Crippen LogP contribution in [0.1, 0.15) is 23.2 Å². The fourth-order valence-electron chi connectivity index (χ4n) is 5.01. The number of fused-ring (bicyclic) bond motifs is 1. The highest BCUT2D eigenvalue weighted by molar-refractivity contribution is 7.92. The molecule has 11 heteroatoms. The fraction of sp³-hybridized carbons (Fsp3) is 0.308. The molecule has 2 aromatic heterocycles. The first-order valence-electron chi connectivity index (χ1n) is 11.8. The monoisotopic (exact) mass is 520 g/mol. The van der Waals surface area contributed by atoms with Gasteiger partial charge in [-0.25, -0.2) is 23.4 Å². The predicted octanol–water partition coefficient (Wildman–Crippen LogP) is 2.47. The average molecular weight is 521 g/mol. The number of ether oxygens (including phenoxy) is 1. The third kappa shape index (κ3) is 4.23. The summed E-state index contributed by atoms with van der Waals surface area (Å²) in [7, 11) is 0.997. The molecule has 1 saturated heterocycles. The number of aryl methyl sites for hydroxylation is 1. The summed E-state index contributed by atoms with van der Waals surface area (Å²) < 4.78 is 35.5. The second-order valence-electron chi connectivity index (χ2n) is 9.28. The smallest absolute Gasteiger partial charge is 0.325 e. The van der Waals surface area contributed by atoms with Crippen LogP contribution in [0.2, 0.25) is 0 Å². The van der Waals surface area contributed by atoms with Crippen LogP contribution in [0.15, 0.2) is 72.1 Å². The van der Waals surface area contributed by atoms with Crippen molar-refractivity contribution in [2.24, 2.45) is 0 Å². The summed E-state index contributed by atoms with van der Waals surface area (Å²) in [6, 6.07) is 13.4. The van der Waals surface area contributed by atoms with Crippen LogP contribution in [0.5, 0.6) is 0 Å².